The van der Waals surface area contributed by atoms with Gasteiger partial charge in [0.2, 0.25) is 5.91 Å². The quantitative estimate of drug-likeness (QED) is 0.678. The van der Waals surface area contributed by atoms with E-state index in [4.69, 9.17) is 17.3 Å². The number of fused-ring (bicyclic) bond motifs is 3. The number of aromatic nitrogens is 1. The molecule has 4 nitrogen and oxygen atoms in total. The summed E-state index contributed by atoms with van der Waals surface area (Å²) in [7, 11) is 0. The SMILES string of the molecule is NC(=O)[C@H]1Cc2c([nH]c3ccccc23)C(c2ccc(Cl)cc2)N1. The number of nitrogens with two attached hydrogens (primary N) is 1. The smallest absolute Gasteiger partial charge is 0.234 e. The minimum Gasteiger partial charge on any atom is -0.368 e. The predicted molar refractivity (Wildman–Crippen MR) is 91.4 cm³/mol. The molecule has 23 heavy (non-hydrogen) atoms. The molecule has 0 saturated carbocycles. The monoisotopic (exact) mass is 325 g/mol. The molecule has 0 bridgehead atoms. The van der Waals surface area contributed by atoms with Gasteiger partial charge in [-0.1, -0.05) is 41.9 Å². The van der Waals surface area contributed by atoms with E-state index in [9.17, 15) is 4.79 Å². The minimum atomic E-state index is -0.387. The molecule has 4 N–H and O–H groups in total. The maximum Gasteiger partial charge on any atom is 0.234 e. The lowest BCUT2D eigenvalue weighted by Gasteiger charge is -2.30. The summed E-state index contributed by atoms with van der Waals surface area (Å²) >= 11 is 5.99. The highest BCUT2D eigenvalue weighted by Gasteiger charge is 2.32. The van der Waals surface area contributed by atoms with Crippen molar-refractivity contribution in [2.75, 3.05) is 0 Å². The molecule has 0 aliphatic carbocycles. The third-order valence-corrected chi connectivity index (χ3v) is 4.71. The number of rotatable bonds is 2. The van der Waals surface area contributed by atoms with E-state index in [0.29, 0.717) is 11.4 Å². The Labute approximate surface area is 138 Å². The fraction of sp³-hybridized carbons (Fsp3) is 0.167. The molecular weight excluding hydrogens is 310 g/mol. The van der Waals surface area contributed by atoms with Crippen LogP contribution in [0.2, 0.25) is 5.02 Å². The summed E-state index contributed by atoms with van der Waals surface area (Å²) in [4.78, 5) is 15.3. The van der Waals surface area contributed by atoms with E-state index in [0.717, 1.165) is 27.7 Å². The Morgan fingerprint density at radius 1 is 1.13 bits per heavy atom. The van der Waals surface area contributed by atoms with Crippen molar-refractivity contribution >= 4 is 28.4 Å². The molecule has 1 aliphatic rings. The van der Waals surface area contributed by atoms with Crippen molar-refractivity contribution in [2.45, 2.75) is 18.5 Å². The topological polar surface area (TPSA) is 70.9 Å². The highest BCUT2D eigenvalue weighted by Crippen LogP contribution is 2.35. The first kappa shape index (κ1) is 14.3. The Hall–Kier alpha value is -2.30. The number of primary amides is 1. The van der Waals surface area contributed by atoms with Crippen LogP contribution in [0.1, 0.15) is 22.9 Å². The molecule has 4 rings (SSSR count). The van der Waals surface area contributed by atoms with Gasteiger partial charge in [0, 0.05) is 21.6 Å². The van der Waals surface area contributed by atoms with Gasteiger partial charge in [-0.15, -0.1) is 0 Å². The maximum atomic E-state index is 11.8. The van der Waals surface area contributed by atoms with Gasteiger partial charge in [-0.2, -0.15) is 0 Å². The predicted octanol–water partition coefficient (Wildman–Crippen LogP) is 2.91. The van der Waals surface area contributed by atoms with E-state index < -0.39 is 0 Å². The first-order valence-corrected chi connectivity index (χ1v) is 7.91. The molecule has 2 atom stereocenters. The number of H-pyrrole nitrogens is 1. The standard InChI is InChI=1S/C18H16ClN3O/c19-11-7-5-10(6-8-11)16-17-13(9-15(22-16)18(20)23)12-3-1-2-4-14(12)21-17/h1-8,15-16,21-22H,9H2,(H2,20,23)/t15-,16?/m1/s1. The van der Waals surface area contributed by atoms with Crippen LogP contribution in [0.5, 0.6) is 0 Å². The average molecular weight is 326 g/mol. The van der Waals surface area contributed by atoms with Crippen LogP contribution in [0.25, 0.3) is 10.9 Å². The molecule has 1 aromatic heterocycles. The van der Waals surface area contributed by atoms with Crippen molar-refractivity contribution in [2.24, 2.45) is 5.73 Å². The molecule has 1 unspecified atom stereocenters. The van der Waals surface area contributed by atoms with Gasteiger partial charge in [0.05, 0.1) is 12.1 Å². The highest BCUT2D eigenvalue weighted by atomic mass is 35.5. The molecule has 5 heteroatoms. The van der Waals surface area contributed by atoms with Gasteiger partial charge in [0.25, 0.3) is 0 Å². The zero-order valence-electron chi connectivity index (χ0n) is 12.3. The van der Waals surface area contributed by atoms with Crippen LogP contribution >= 0.6 is 11.6 Å². The Balaban J connectivity index is 1.89. The number of aromatic amines is 1. The summed E-state index contributed by atoms with van der Waals surface area (Å²) in [6.45, 7) is 0. The molecule has 1 amide bonds. The lowest BCUT2D eigenvalue weighted by Crippen LogP contribution is -2.48. The Kier molecular flexibility index (Phi) is 3.36. The van der Waals surface area contributed by atoms with E-state index >= 15 is 0 Å². The first-order chi connectivity index (χ1) is 11.1. The van der Waals surface area contributed by atoms with E-state index in [1.807, 2.05) is 42.5 Å². The largest absolute Gasteiger partial charge is 0.368 e. The van der Waals surface area contributed by atoms with Gasteiger partial charge in [-0.3, -0.25) is 10.1 Å². The summed E-state index contributed by atoms with van der Waals surface area (Å²) in [6, 6.07) is 15.3. The van der Waals surface area contributed by atoms with Crippen LogP contribution in [0.4, 0.5) is 0 Å². The normalized spacial score (nSPS) is 20.4. The van der Waals surface area contributed by atoms with Crippen molar-refractivity contribution in [3.8, 4) is 0 Å². The Morgan fingerprint density at radius 2 is 1.87 bits per heavy atom. The molecule has 0 fully saturated rings. The number of carbonyl (C=O) groups is 1. The van der Waals surface area contributed by atoms with Crippen molar-refractivity contribution in [3.05, 3.63) is 70.4 Å². The summed E-state index contributed by atoms with van der Waals surface area (Å²) < 4.78 is 0. The number of amides is 1. The number of benzene rings is 2. The maximum absolute atomic E-state index is 11.8. The molecule has 2 heterocycles. The van der Waals surface area contributed by atoms with E-state index in [1.165, 1.54) is 0 Å². The fourth-order valence-electron chi connectivity index (χ4n) is 3.34. The molecule has 3 aromatic rings. The first-order valence-electron chi connectivity index (χ1n) is 7.54. The van der Waals surface area contributed by atoms with Gasteiger partial charge in [0.1, 0.15) is 0 Å². The average Bonchev–Trinajstić information content (AvgIpc) is 2.93. The molecular formula is C18H16ClN3O. The fourth-order valence-corrected chi connectivity index (χ4v) is 3.46. The second-order valence-corrected chi connectivity index (χ2v) is 6.31. The van der Waals surface area contributed by atoms with E-state index in [-0.39, 0.29) is 18.0 Å². The van der Waals surface area contributed by atoms with Gasteiger partial charge in [-0.25, -0.2) is 0 Å². The van der Waals surface area contributed by atoms with E-state index in [2.05, 4.69) is 16.4 Å². The Bertz CT molecular complexity index is 885. The van der Waals surface area contributed by atoms with Crippen LogP contribution in [0, 0.1) is 0 Å². The van der Waals surface area contributed by atoms with Crippen LogP contribution in [0.3, 0.4) is 0 Å². The van der Waals surface area contributed by atoms with Crippen molar-refractivity contribution < 1.29 is 4.79 Å². The summed E-state index contributed by atoms with van der Waals surface area (Å²) in [5.41, 5.74) is 9.94. The number of hydrogen-bond acceptors (Lipinski definition) is 2. The van der Waals surface area contributed by atoms with Gasteiger partial charge in [-0.05, 0) is 35.7 Å². The van der Waals surface area contributed by atoms with Crippen molar-refractivity contribution in [3.63, 3.8) is 0 Å². The van der Waals surface area contributed by atoms with Crippen molar-refractivity contribution in [1.82, 2.24) is 10.3 Å². The number of nitrogens with one attached hydrogen (secondary N) is 2. The van der Waals surface area contributed by atoms with E-state index in [1.54, 1.807) is 0 Å². The summed E-state index contributed by atoms with van der Waals surface area (Å²) in [6.07, 6.45) is 0.596. The zero-order valence-corrected chi connectivity index (χ0v) is 13.1. The number of halogens is 1. The van der Waals surface area contributed by atoms with Crippen molar-refractivity contribution in [1.29, 1.82) is 0 Å². The summed E-state index contributed by atoms with van der Waals surface area (Å²) in [5.74, 6) is -0.333. The van der Waals surface area contributed by atoms with Crippen LogP contribution < -0.4 is 11.1 Å². The number of para-hydroxylation sites is 1. The number of carbonyl (C=O) groups excluding carboxylic acids is 1. The molecule has 116 valence electrons. The Morgan fingerprint density at radius 3 is 2.61 bits per heavy atom. The third-order valence-electron chi connectivity index (χ3n) is 4.46. The van der Waals surface area contributed by atoms with Gasteiger partial charge < -0.3 is 10.7 Å². The molecule has 0 radical (unpaired) electrons. The number of hydrogen-bond donors (Lipinski definition) is 3. The summed E-state index contributed by atoms with van der Waals surface area (Å²) in [5, 5.41) is 5.19. The van der Waals surface area contributed by atoms with Crippen LogP contribution in [-0.4, -0.2) is 16.9 Å². The van der Waals surface area contributed by atoms with Gasteiger partial charge in [0.15, 0.2) is 0 Å². The highest BCUT2D eigenvalue weighted by molar-refractivity contribution is 6.30. The molecule has 0 saturated heterocycles. The lowest BCUT2D eigenvalue weighted by atomic mass is 9.90. The molecule has 1 aliphatic heterocycles. The van der Waals surface area contributed by atoms with Crippen LogP contribution in [0.15, 0.2) is 48.5 Å². The zero-order chi connectivity index (χ0) is 16.0. The van der Waals surface area contributed by atoms with Gasteiger partial charge >= 0.3 is 0 Å². The minimum absolute atomic E-state index is 0.110. The third kappa shape index (κ3) is 2.40. The van der Waals surface area contributed by atoms with Crippen LogP contribution in [-0.2, 0) is 11.2 Å². The second kappa shape index (κ2) is 5.41. The molecule has 0 spiro atoms. The second-order valence-electron chi connectivity index (χ2n) is 5.87. The molecule has 2 aromatic carbocycles. The lowest BCUT2D eigenvalue weighted by molar-refractivity contribution is -0.120.